The molecule has 1 atom stereocenters. The molecule has 6 nitrogen and oxygen atoms in total. The van der Waals surface area contributed by atoms with Crippen molar-refractivity contribution in [3.63, 3.8) is 0 Å². The molecule has 1 aliphatic rings. The number of nitrogens with zero attached hydrogens (tertiary/aromatic N) is 1. The first-order valence-corrected chi connectivity index (χ1v) is 9.72. The third-order valence-corrected chi connectivity index (χ3v) is 4.56. The number of carbonyl (C=O) groups is 1. The molecule has 0 spiro atoms. The average molecular weight is 395 g/mol. The molecule has 0 aliphatic carbocycles. The zero-order chi connectivity index (χ0) is 19.4. The van der Waals surface area contributed by atoms with Crippen molar-refractivity contribution < 1.29 is 19.0 Å². The fourth-order valence-corrected chi connectivity index (χ4v) is 3.45. The highest BCUT2D eigenvalue weighted by molar-refractivity contribution is 6.37. The molecule has 1 fully saturated rings. The molecule has 7 heteroatoms. The van der Waals surface area contributed by atoms with Crippen LogP contribution in [0, 0.1) is 0 Å². The van der Waals surface area contributed by atoms with Gasteiger partial charge < -0.3 is 18.8 Å². The summed E-state index contributed by atoms with van der Waals surface area (Å²) in [6.45, 7) is 7.43. The summed E-state index contributed by atoms with van der Waals surface area (Å²) in [6, 6.07) is 5.67. The van der Waals surface area contributed by atoms with Gasteiger partial charge in [-0.2, -0.15) is 0 Å². The van der Waals surface area contributed by atoms with E-state index in [4.69, 9.17) is 25.8 Å². The Kier molecular flexibility index (Phi) is 6.29. The van der Waals surface area contributed by atoms with Crippen molar-refractivity contribution in [2.75, 3.05) is 18.5 Å². The van der Waals surface area contributed by atoms with Crippen LogP contribution in [0.2, 0.25) is 5.02 Å². The molecule has 1 aromatic carbocycles. The van der Waals surface area contributed by atoms with E-state index in [2.05, 4.69) is 5.32 Å². The maximum Gasteiger partial charge on any atom is 0.412 e. The largest absolute Gasteiger partial charge is 0.444 e. The first-order chi connectivity index (χ1) is 12.8. The Morgan fingerprint density at radius 3 is 2.89 bits per heavy atom. The summed E-state index contributed by atoms with van der Waals surface area (Å²) in [6.07, 6.45) is 4.43. The lowest BCUT2D eigenvalue weighted by molar-refractivity contribution is -0.163. The minimum Gasteiger partial charge on any atom is -0.444 e. The number of ether oxygens (including phenoxy) is 3. The van der Waals surface area contributed by atoms with E-state index in [9.17, 15) is 4.79 Å². The Balaban J connectivity index is 1.70. The lowest BCUT2D eigenvalue weighted by Crippen LogP contribution is -2.27. The summed E-state index contributed by atoms with van der Waals surface area (Å²) in [4.78, 5) is 12.1. The number of anilines is 1. The Bertz CT molecular complexity index is 791. The number of benzene rings is 1. The van der Waals surface area contributed by atoms with Gasteiger partial charge in [-0.15, -0.1) is 0 Å². The average Bonchev–Trinajstić information content (AvgIpc) is 2.91. The molecule has 0 saturated carbocycles. The SMILES string of the molecule is CC(C)(C)OC(=O)Nc1cccc2c1c(Cl)cn2CCOC1CCCCO1. The van der Waals surface area contributed by atoms with Gasteiger partial charge in [0.1, 0.15) is 5.60 Å². The van der Waals surface area contributed by atoms with E-state index < -0.39 is 11.7 Å². The van der Waals surface area contributed by atoms with E-state index in [0.29, 0.717) is 23.9 Å². The van der Waals surface area contributed by atoms with Crippen molar-refractivity contribution in [1.82, 2.24) is 4.57 Å². The van der Waals surface area contributed by atoms with Gasteiger partial charge >= 0.3 is 6.09 Å². The van der Waals surface area contributed by atoms with E-state index in [1.807, 2.05) is 49.7 Å². The van der Waals surface area contributed by atoms with E-state index >= 15 is 0 Å². The normalized spacial score (nSPS) is 17.9. The smallest absolute Gasteiger partial charge is 0.412 e. The standard InChI is InChI=1S/C20H27ClN2O4/c1-20(2,3)27-19(24)22-15-7-6-8-16-18(15)14(21)13-23(16)10-12-26-17-9-4-5-11-25-17/h6-8,13,17H,4-5,9-12H2,1-3H3,(H,22,24). The second-order valence-electron chi connectivity index (χ2n) is 7.66. The number of carbonyl (C=O) groups excluding carboxylic acids is 1. The van der Waals surface area contributed by atoms with Gasteiger partial charge in [0.2, 0.25) is 0 Å². The summed E-state index contributed by atoms with van der Waals surface area (Å²) in [5.74, 6) is 0. The van der Waals surface area contributed by atoms with Gasteiger partial charge in [0, 0.05) is 24.7 Å². The van der Waals surface area contributed by atoms with Crippen LogP contribution in [0.4, 0.5) is 10.5 Å². The van der Waals surface area contributed by atoms with Crippen LogP contribution >= 0.6 is 11.6 Å². The van der Waals surface area contributed by atoms with Crippen LogP contribution in [0.25, 0.3) is 10.9 Å². The van der Waals surface area contributed by atoms with Crippen LogP contribution in [0.1, 0.15) is 40.0 Å². The van der Waals surface area contributed by atoms with Crippen LogP contribution in [-0.4, -0.2) is 35.8 Å². The highest BCUT2D eigenvalue weighted by Crippen LogP contribution is 2.32. The summed E-state index contributed by atoms with van der Waals surface area (Å²) in [7, 11) is 0. The number of hydrogen-bond donors (Lipinski definition) is 1. The highest BCUT2D eigenvalue weighted by Gasteiger charge is 2.19. The van der Waals surface area contributed by atoms with Crippen molar-refractivity contribution in [3.05, 3.63) is 29.4 Å². The fourth-order valence-electron chi connectivity index (χ4n) is 3.13. The Labute approximate surface area is 164 Å². The minimum atomic E-state index is -0.563. The van der Waals surface area contributed by atoms with Crippen LogP contribution in [-0.2, 0) is 20.8 Å². The first kappa shape index (κ1) is 20.0. The molecule has 1 saturated heterocycles. The predicted octanol–water partition coefficient (Wildman–Crippen LogP) is 5.18. The summed E-state index contributed by atoms with van der Waals surface area (Å²) >= 11 is 6.45. The summed E-state index contributed by atoms with van der Waals surface area (Å²) < 4.78 is 18.8. The molecular weight excluding hydrogens is 368 g/mol. The molecule has 1 N–H and O–H groups in total. The highest BCUT2D eigenvalue weighted by atomic mass is 35.5. The quantitative estimate of drug-likeness (QED) is 0.758. The molecular formula is C20H27ClN2O4. The second-order valence-corrected chi connectivity index (χ2v) is 8.07. The maximum absolute atomic E-state index is 12.1. The van der Waals surface area contributed by atoms with Gasteiger partial charge in [0.25, 0.3) is 0 Å². The predicted molar refractivity (Wildman–Crippen MR) is 106 cm³/mol. The molecule has 0 radical (unpaired) electrons. The van der Waals surface area contributed by atoms with Crippen molar-refractivity contribution in [3.8, 4) is 0 Å². The molecule has 1 aliphatic heterocycles. The minimum absolute atomic E-state index is 0.111. The van der Waals surface area contributed by atoms with Crippen LogP contribution in [0.5, 0.6) is 0 Å². The summed E-state index contributed by atoms with van der Waals surface area (Å²) in [5.41, 5.74) is 0.996. The number of fused-ring (bicyclic) bond motifs is 1. The Morgan fingerprint density at radius 1 is 1.37 bits per heavy atom. The molecule has 0 bridgehead atoms. The van der Waals surface area contributed by atoms with Gasteiger partial charge in [0.15, 0.2) is 6.29 Å². The molecule has 2 heterocycles. The maximum atomic E-state index is 12.1. The first-order valence-electron chi connectivity index (χ1n) is 9.34. The number of nitrogens with one attached hydrogen (secondary N) is 1. The summed E-state index contributed by atoms with van der Waals surface area (Å²) in [5, 5.41) is 4.16. The zero-order valence-corrected chi connectivity index (χ0v) is 16.8. The second kappa shape index (κ2) is 8.50. The van der Waals surface area contributed by atoms with Crippen LogP contribution < -0.4 is 5.32 Å². The molecule has 1 aromatic heterocycles. The molecule has 148 valence electrons. The van der Waals surface area contributed by atoms with Crippen LogP contribution in [0.3, 0.4) is 0 Å². The van der Waals surface area contributed by atoms with Crippen molar-refractivity contribution in [1.29, 1.82) is 0 Å². The van der Waals surface area contributed by atoms with Crippen molar-refractivity contribution in [2.24, 2.45) is 0 Å². The lowest BCUT2D eigenvalue weighted by Gasteiger charge is -2.22. The van der Waals surface area contributed by atoms with Gasteiger partial charge in [-0.1, -0.05) is 17.7 Å². The van der Waals surface area contributed by atoms with E-state index in [1.165, 1.54) is 0 Å². The van der Waals surface area contributed by atoms with Crippen molar-refractivity contribution in [2.45, 2.75) is 58.5 Å². The number of halogens is 1. The molecule has 1 amide bonds. The van der Waals surface area contributed by atoms with E-state index in [0.717, 1.165) is 36.8 Å². The van der Waals surface area contributed by atoms with Gasteiger partial charge in [-0.25, -0.2) is 4.79 Å². The van der Waals surface area contributed by atoms with Crippen LogP contribution in [0.15, 0.2) is 24.4 Å². The van der Waals surface area contributed by atoms with Gasteiger partial charge in [-0.3, -0.25) is 5.32 Å². The molecule has 3 rings (SSSR count). The monoisotopic (exact) mass is 394 g/mol. The molecule has 1 unspecified atom stereocenters. The topological polar surface area (TPSA) is 61.7 Å². The Morgan fingerprint density at radius 2 is 2.19 bits per heavy atom. The van der Waals surface area contributed by atoms with E-state index in [1.54, 1.807) is 0 Å². The van der Waals surface area contributed by atoms with Gasteiger partial charge in [0.05, 0.1) is 22.8 Å². The molecule has 2 aromatic rings. The third kappa shape index (κ3) is 5.37. The number of amides is 1. The molecule has 27 heavy (non-hydrogen) atoms. The van der Waals surface area contributed by atoms with Gasteiger partial charge in [-0.05, 0) is 52.2 Å². The lowest BCUT2D eigenvalue weighted by atomic mass is 10.2. The number of rotatable bonds is 5. The zero-order valence-electron chi connectivity index (χ0n) is 16.1. The van der Waals surface area contributed by atoms with Crippen molar-refractivity contribution >= 4 is 34.3 Å². The Hall–Kier alpha value is -1.76. The third-order valence-electron chi connectivity index (χ3n) is 4.27. The number of aromatic nitrogens is 1. The fraction of sp³-hybridized carbons (Fsp3) is 0.550. The number of hydrogen-bond acceptors (Lipinski definition) is 4. The van der Waals surface area contributed by atoms with E-state index in [-0.39, 0.29) is 6.29 Å².